The fraction of sp³-hybridized carbons (Fsp3) is 0.256. The van der Waals surface area contributed by atoms with Gasteiger partial charge in [0, 0.05) is 10.8 Å². The Labute approximate surface area is 286 Å². The van der Waals surface area contributed by atoms with Crippen LogP contribution in [-0.2, 0) is 24.4 Å². The summed E-state index contributed by atoms with van der Waals surface area (Å²) >= 11 is 0. The lowest BCUT2D eigenvalue weighted by atomic mass is 9.65. The van der Waals surface area contributed by atoms with Gasteiger partial charge in [0.15, 0.2) is 0 Å². The van der Waals surface area contributed by atoms with Crippen molar-refractivity contribution < 1.29 is 28.4 Å². The van der Waals surface area contributed by atoms with E-state index in [9.17, 15) is 0 Å². The molecule has 2 aliphatic heterocycles. The van der Waals surface area contributed by atoms with Gasteiger partial charge in [-0.2, -0.15) is 0 Å². The largest absolute Gasteiger partial charge is 0.437 e. The Kier molecular flexibility index (Phi) is 7.25. The first-order valence-electron chi connectivity index (χ1n) is 17.3. The summed E-state index contributed by atoms with van der Waals surface area (Å²) in [7, 11) is 0. The molecule has 0 bridgehead atoms. The van der Waals surface area contributed by atoms with Crippen LogP contribution in [0.15, 0.2) is 121 Å². The Bertz CT molecular complexity index is 2040. The van der Waals surface area contributed by atoms with Crippen molar-refractivity contribution in [1.82, 2.24) is 0 Å². The normalized spacial score (nSPS) is 21.3. The van der Waals surface area contributed by atoms with Crippen LogP contribution >= 0.6 is 0 Å². The van der Waals surface area contributed by atoms with Crippen LogP contribution in [-0.4, -0.2) is 38.4 Å². The maximum absolute atomic E-state index is 6.51. The van der Waals surface area contributed by atoms with Crippen LogP contribution in [0.25, 0.3) is 32.7 Å². The summed E-state index contributed by atoms with van der Waals surface area (Å²) in [5.74, 6) is -0.587. The fourth-order valence-electron chi connectivity index (χ4n) is 7.65. The number of hydrogen-bond acceptors (Lipinski definition) is 6. The summed E-state index contributed by atoms with van der Waals surface area (Å²) in [4.78, 5) is 0. The van der Waals surface area contributed by atoms with Gasteiger partial charge in [0.2, 0.25) is 0 Å². The molecule has 0 amide bonds. The average Bonchev–Trinajstić information content (AvgIpc) is 4.08. The highest BCUT2D eigenvalue weighted by Crippen LogP contribution is 2.59. The number of rotatable bonds is 12. The van der Waals surface area contributed by atoms with Gasteiger partial charge >= 0.3 is 11.9 Å². The Morgan fingerprint density at radius 3 is 1.27 bits per heavy atom. The molecule has 2 unspecified atom stereocenters. The van der Waals surface area contributed by atoms with Crippen LogP contribution in [0.4, 0.5) is 0 Å². The quantitative estimate of drug-likeness (QED) is 0.0970. The molecule has 6 heteroatoms. The van der Waals surface area contributed by atoms with Gasteiger partial charge in [-0.1, -0.05) is 123 Å². The lowest BCUT2D eigenvalue weighted by Crippen LogP contribution is -2.30. The van der Waals surface area contributed by atoms with Crippen LogP contribution in [0.3, 0.4) is 0 Å². The summed E-state index contributed by atoms with van der Waals surface area (Å²) < 4.78 is 36.4. The van der Waals surface area contributed by atoms with Gasteiger partial charge in [-0.15, -0.1) is 0 Å². The van der Waals surface area contributed by atoms with E-state index in [2.05, 4.69) is 135 Å². The predicted octanol–water partition coefficient (Wildman–Crippen LogP) is 9.33. The first-order chi connectivity index (χ1) is 24.1. The lowest BCUT2D eigenvalue weighted by Gasteiger charge is -2.36. The second-order valence-electron chi connectivity index (χ2n) is 13.0. The second-order valence-corrected chi connectivity index (χ2v) is 13.0. The van der Waals surface area contributed by atoms with Crippen LogP contribution in [0.2, 0.25) is 0 Å². The van der Waals surface area contributed by atoms with Gasteiger partial charge in [-0.25, -0.2) is 0 Å². The fourth-order valence-corrected chi connectivity index (χ4v) is 7.65. The van der Waals surface area contributed by atoms with Crippen LogP contribution in [0, 0.1) is 0 Å². The Morgan fingerprint density at radius 1 is 0.469 bits per heavy atom. The summed E-state index contributed by atoms with van der Waals surface area (Å²) in [6.45, 7) is 6.11. The highest BCUT2D eigenvalue weighted by molar-refractivity contribution is 6.01. The number of fused-ring (bicyclic) bond motifs is 5. The molecule has 246 valence electrons. The minimum absolute atomic E-state index is 0.407. The molecule has 49 heavy (non-hydrogen) atoms. The van der Waals surface area contributed by atoms with E-state index in [1.165, 1.54) is 33.4 Å². The molecule has 2 atom stereocenters. The number of hydrogen-bond donors (Lipinski definition) is 0. The van der Waals surface area contributed by atoms with E-state index in [0.29, 0.717) is 26.4 Å². The van der Waals surface area contributed by atoms with E-state index in [0.717, 1.165) is 45.9 Å². The minimum Gasteiger partial charge on any atom is -0.437 e. The highest BCUT2D eigenvalue weighted by Gasteiger charge is 2.52. The molecule has 2 fully saturated rings. The van der Waals surface area contributed by atoms with E-state index in [1.54, 1.807) is 0 Å². The molecule has 0 radical (unpaired) electrons. The maximum Gasteiger partial charge on any atom is 0.352 e. The van der Waals surface area contributed by atoms with Crippen LogP contribution < -0.4 is 9.47 Å². The molecule has 0 saturated carbocycles. The van der Waals surface area contributed by atoms with Crippen molar-refractivity contribution in [1.29, 1.82) is 0 Å². The minimum atomic E-state index is -1.03. The van der Waals surface area contributed by atoms with Gasteiger partial charge in [0.1, 0.15) is 24.7 Å². The molecule has 2 saturated heterocycles. The van der Waals surface area contributed by atoms with Crippen LogP contribution in [0.5, 0.6) is 11.5 Å². The molecule has 0 N–H and O–H groups in total. The molecule has 6 aromatic rings. The topological polar surface area (TPSA) is 62.0 Å². The third-order valence-electron chi connectivity index (χ3n) is 9.87. The van der Waals surface area contributed by atoms with Gasteiger partial charge in [-0.3, -0.25) is 0 Å². The van der Waals surface area contributed by atoms with Gasteiger partial charge < -0.3 is 28.4 Å². The van der Waals surface area contributed by atoms with Crippen LogP contribution in [0.1, 0.15) is 48.9 Å². The predicted molar refractivity (Wildman–Crippen MR) is 190 cm³/mol. The standard InChI is InChI=1S/C43H38O6/c1-3-25-44-41(27-46-41)48-39-23-21-37(31-15-5-7-17-33(31)39)43(35-19-11-9-13-29(35)30-14-10-12-20-36(30)43)38-22-24-40(34-18-8-6-16-32(34)38)49-42(28-47-42)45-26-4-2/h5-24H,3-4,25-28H2,1-2H3. The summed E-state index contributed by atoms with van der Waals surface area (Å²) in [6.07, 6.45) is 1.76. The number of epoxide rings is 2. The van der Waals surface area contributed by atoms with Crippen molar-refractivity contribution in [2.24, 2.45) is 0 Å². The molecule has 6 nitrogen and oxygen atoms in total. The molecular formula is C43H38O6. The zero-order valence-corrected chi connectivity index (χ0v) is 27.7. The zero-order chi connectivity index (χ0) is 33.1. The third kappa shape index (κ3) is 4.85. The van der Waals surface area contributed by atoms with E-state index in [1.807, 2.05) is 0 Å². The van der Waals surface area contributed by atoms with Gasteiger partial charge in [0.05, 0.1) is 18.6 Å². The van der Waals surface area contributed by atoms with E-state index in [4.69, 9.17) is 28.4 Å². The van der Waals surface area contributed by atoms with Crippen molar-refractivity contribution in [2.75, 3.05) is 26.4 Å². The summed E-state index contributed by atoms with van der Waals surface area (Å²) in [5, 5.41) is 4.20. The number of ether oxygens (including phenoxy) is 6. The Hall–Kier alpha value is -4.72. The van der Waals surface area contributed by atoms with Gasteiger partial charge in [0.25, 0.3) is 0 Å². The zero-order valence-electron chi connectivity index (χ0n) is 27.7. The average molecular weight is 651 g/mol. The van der Waals surface area contributed by atoms with Crippen molar-refractivity contribution in [3.8, 4) is 22.6 Å². The summed E-state index contributed by atoms with van der Waals surface area (Å²) in [5.41, 5.74) is 6.58. The molecule has 6 aromatic carbocycles. The van der Waals surface area contributed by atoms with Crippen molar-refractivity contribution >= 4 is 21.5 Å². The van der Waals surface area contributed by atoms with Gasteiger partial charge in [-0.05, 0) is 69.1 Å². The number of benzene rings is 6. The van der Waals surface area contributed by atoms with E-state index in [-0.39, 0.29) is 0 Å². The van der Waals surface area contributed by atoms with Crippen molar-refractivity contribution in [3.63, 3.8) is 0 Å². The van der Waals surface area contributed by atoms with E-state index < -0.39 is 17.4 Å². The highest BCUT2D eigenvalue weighted by atomic mass is 16.9. The molecule has 2 heterocycles. The summed E-state index contributed by atoms with van der Waals surface area (Å²) in [6, 6.07) is 43.3. The Morgan fingerprint density at radius 2 is 0.857 bits per heavy atom. The Balaban J connectivity index is 1.30. The lowest BCUT2D eigenvalue weighted by molar-refractivity contribution is -0.173. The monoisotopic (exact) mass is 650 g/mol. The third-order valence-corrected chi connectivity index (χ3v) is 9.87. The molecule has 1 aliphatic carbocycles. The molecule has 3 aliphatic rings. The SMILES string of the molecule is CCCOC1(Oc2ccc(C3(c4ccc(OC5(OCCC)CO5)c5ccccc45)c4ccccc4-c4ccccc43)c3ccccc23)CO1. The van der Waals surface area contributed by atoms with E-state index >= 15 is 0 Å². The van der Waals surface area contributed by atoms with Crippen molar-refractivity contribution in [2.45, 2.75) is 44.1 Å². The molecule has 0 spiro atoms. The van der Waals surface area contributed by atoms with Crippen molar-refractivity contribution in [3.05, 3.63) is 144 Å². The molecule has 9 rings (SSSR count). The molecule has 0 aromatic heterocycles. The second kappa shape index (κ2) is 11.7. The maximum atomic E-state index is 6.51. The first-order valence-corrected chi connectivity index (χ1v) is 17.3. The first kappa shape index (κ1) is 30.3. The molecular weight excluding hydrogens is 612 g/mol. The smallest absolute Gasteiger partial charge is 0.352 e.